The molecule has 0 unspecified atom stereocenters. The van der Waals surface area contributed by atoms with Crippen molar-refractivity contribution < 1.29 is 0 Å². The molecule has 112 valence electrons. The van der Waals surface area contributed by atoms with E-state index < -0.39 is 0 Å². The Kier molecular flexibility index (Phi) is 4.36. The molecule has 0 aliphatic heterocycles. The normalized spacial score (nSPS) is 14.9. The molecule has 1 aliphatic carbocycles. The molecule has 0 amide bonds. The van der Waals surface area contributed by atoms with Gasteiger partial charge in [0.1, 0.15) is 6.33 Å². The lowest BCUT2D eigenvalue weighted by molar-refractivity contribution is 0.243. The van der Waals surface area contributed by atoms with Gasteiger partial charge in [0.25, 0.3) is 0 Å². The van der Waals surface area contributed by atoms with E-state index in [4.69, 9.17) is 35.4 Å². The summed E-state index contributed by atoms with van der Waals surface area (Å²) in [6.45, 7) is 1.32. The van der Waals surface area contributed by atoms with E-state index in [0.29, 0.717) is 29.3 Å². The van der Waals surface area contributed by atoms with Gasteiger partial charge < -0.3 is 4.57 Å². The quantitative estimate of drug-likeness (QED) is 0.763. The summed E-state index contributed by atoms with van der Waals surface area (Å²) in [4.78, 5) is 2.11. The summed E-state index contributed by atoms with van der Waals surface area (Å²) in [7, 11) is 2.01. The molecule has 1 saturated carbocycles. The monoisotopic (exact) mass is 342 g/mol. The first-order valence-electron chi connectivity index (χ1n) is 6.81. The zero-order chi connectivity index (χ0) is 15.0. The fraction of sp³-hybridized carbons (Fsp3) is 0.429. The zero-order valence-corrected chi connectivity index (χ0v) is 14.0. The first-order chi connectivity index (χ1) is 10.1. The molecule has 0 radical (unpaired) electrons. The molecule has 1 heterocycles. The molecule has 21 heavy (non-hydrogen) atoms. The van der Waals surface area contributed by atoms with Crippen LogP contribution in [0.3, 0.4) is 0 Å². The molecule has 1 aliphatic rings. The van der Waals surface area contributed by atoms with Crippen LogP contribution >= 0.6 is 35.4 Å². The Morgan fingerprint density at radius 2 is 2.14 bits per heavy atom. The lowest BCUT2D eigenvalue weighted by atomic mass is 10.2. The highest BCUT2D eigenvalue weighted by Crippen LogP contribution is 2.34. The second-order valence-corrected chi connectivity index (χ2v) is 6.57. The molecule has 1 aromatic heterocycles. The number of benzene rings is 1. The van der Waals surface area contributed by atoms with Crippen LogP contribution in [0.2, 0.25) is 10.0 Å². The van der Waals surface area contributed by atoms with E-state index in [0.717, 1.165) is 10.3 Å². The summed E-state index contributed by atoms with van der Waals surface area (Å²) in [5, 5.41) is 5.56. The molecule has 4 nitrogen and oxygen atoms in total. The van der Waals surface area contributed by atoms with Gasteiger partial charge in [-0.05, 0) is 43.7 Å². The second-order valence-electron chi connectivity index (χ2n) is 5.42. The van der Waals surface area contributed by atoms with Gasteiger partial charge in [-0.2, -0.15) is 5.10 Å². The minimum atomic E-state index is 0.555. The Morgan fingerprint density at radius 3 is 2.86 bits per heavy atom. The highest BCUT2D eigenvalue weighted by atomic mass is 35.5. The van der Waals surface area contributed by atoms with Crippen LogP contribution in [-0.4, -0.2) is 26.3 Å². The average Bonchev–Trinajstić information content (AvgIpc) is 3.22. The van der Waals surface area contributed by atoms with Crippen molar-refractivity contribution in [3.8, 4) is 0 Å². The average molecular weight is 343 g/mol. The van der Waals surface area contributed by atoms with E-state index in [1.807, 2.05) is 30.2 Å². The lowest BCUT2D eigenvalue weighted by Gasteiger charge is -2.17. The summed E-state index contributed by atoms with van der Waals surface area (Å²) in [6, 6.07) is 6.23. The van der Waals surface area contributed by atoms with E-state index in [2.05, 4.69) is 14.6 Å². The van der Waals surface area contributed by atoms with Crippen LogP contribution in [0.4, 0.5) is 0 Å². The molecular formula is C14H16Cl2N4S. The van der Waals surface area contributed by atoms with Crippen LogP contribution in [0.25, 0.3) is 0 Å². The van der Waals surface area contributed by atoms with Crippen molar-refractivity contribution in [1.29, 1.82) is 0 Å². The first-order valence-corrected chi connectivity index (χ1v) is 7.98. The van der Waals surface area contributed by atoms with Gasteiger partial charge in [0.2, 0.25) is 0 Å². The number of halogens is 2. The van der Waals surface area contributed by atoms with Crippen molar-refractivity contribution >= 4 is 35.4 Å². The number of aromatic nitrogens is 3. The van der Waals surface area contributed by atoms with E-state index in [-0.39, 0.29) is 0 Å². The van der Waals surface area contributed by atoms with E-state index >= 15 is 0 Å². The van der Waals surface area contributed by atoms with Crippen molar-refractivity contribution in [2.24, 2.45) is 0 Å². The number of rotatable bonds is 5. The summed E-state index contributed by atoms with van der Waals surface area (Å²) < 4.78 is 4.70. The number of nitrogens with zero attached hydrogens (tertiary/aromatic N) is 4. The zero-order valence-electron chi connectivity index (χ0n) is 11.7. The molecule has 2 aromatic rings. The molecule has 0 saturated heterocycles. The van der Waals surface area contributed by atoms with Crippen LogP contribution in [-0.2, 0) is 13.2 Å². The van der Waals surface area contributed by atoms with Gasteiger partial charge in [-0.15, -0.1) is 0 Å². The van der Waals surface area contributed by atoms with Crippen LogP contribution < -0.4 is 0 Å². The SMILES string of the molecule is CN(Cc1cccc(Cl)c1Cl)Cn1ncn(C2CC2)c1=S. The van der Waals surface area contributed by atoms with Gasteiger partial charge in [-0.1, -0.05) is 35.3 Å². The predicted molar refractivity (Wildman–Crippen MR) is 87.3 cm³/mol. The van der Waals surface area contributed by atoms with Gasteiger partial charge in [0.05, 0.1) is 16.7 Å². The highest BCUT2D eigenvalue weighted by Gasteiger charge is 2.25. The molecule has 1 aromatic carbocycles. The summed E-state index contributed by atoms with van der Waals surface area (Å²) in [6.07, 6.45) is 4.24. The fourth-order valence-corrected chi connectivity index (χ4v) is 2.97. The maximum Gasteiger partial charge on any atom is 0.199 e. The molecule has 0 bridgehead atoms. The Balaban J connectivity index is 1.70. The number of hydrogen-bond donors (Lipinski definition) is 0. The van der Waals surface area contributed by atoms with Crippen molar-refractivity contribution in [1.82, 2.24) is 19.2 Å². The van der Waals surface area contributed by atoms with Crippen LogP contribution in [0.5, 0.6) is 0 Å². The Bertz CT molecular complexity index is 705. The molecule has 3 rings (SSSR count). The first kappa shape index (κ1) is 15.0. The Morgan fingerprint density at radius 1 is 1.38 bits per heavy atom. The molecule has 7 heteroatoms. The minimum Gasteiger partial charge on any atom is -0.303 e. The summed E-state index contributed by atoms with van der Waals surface area (Å²) >= 11 is 17.7. The summed E-state index contributed by atoms with van der Waals surface area (Å²) in [5.74, 6) is 0. The molecular weight excluding hydrogens is 327 g/mol. The molecule has 0 atom stereocenters. The van der Waals surface area contributed by atoms with Crippen molar-refractivity contribution in [3.63, 3.8) is 0 Å². The fourth-order valence-electron chi connectivity index (χ4n) is 2.29. The maximum absolute atomic E-state index is 6.22. The van der Waals surface area contributed by atoms with Crippen molar-refractivity contribution in [3.05, 3.63) is 44.9 Å². The summed E-state index contributed by atoms with van der Waals surface area (Å²) in [5.41, 5.74) is 1.000. The van der Waals surface area contributed by atoms with Crippen LogP contribution in [0, 0.1) is 4.77 Å². The van der Waals surface area contributed by atoms with Gasteiger partial charge >= 0.3 is 0 Å². The number of hydrogen-bond acceptors (Lipinski definition) is 3. The third-order valence-corrected chi connectivity index (χ3v) is 4.82. The van der Waals surface area contributed by atoms with Gasteiger partial charge in [0.15, 0.2) is 4.77 Å². The topological polar surface area (TPSA) is 26.0 Å². The van der Waals surface area contributed by atoms with Crippen LogP contribution in [0.15, 0.2) is 24.5 Å². The van der Waals surface area contributed by atoms with E-state index in [1.165, 1.54) is 12.8 Å². The second kappa shape index (κ2) is 6.08. The Hall–Kier alpha value is -0.880. The smallest absolute Gasteiger partial charge is 0.199 e. The van der Waals surface area contributed by atoms with E-state index in [9.17, 15) is 0 Å². The molecule has 0 N–H and O–H groups in total. The largest absolute Gasteiger partial charge is 0.303 e. The third-order valence-electron chi connectivity index (χ3n) is 3.54. The van der Waals surface area contributed by atoms with E-state index in [1.54, 1.807) is 6.07 Å². The van der Waals surface area contributed by atoms with Crippen LogP contribution in [0.1, 0.15) is 24.4 Å². The van der Waals surface area contributed by atoms with Gasteiger partial charge in [0, 0.05) is 12.6 Å². The van der Waals surface area contributed by atoms with Crippen molar-refractivity contribution in [2.45, 2.75) is 32.1 Å². The Labute approximate surface area is 138 Å². The molecule has 1 fully saturated rings. The standard InChI is InChI=1S/C14H16Cl2N4S/c1-18(7-10-3-2-4-12(15)13(10)16)9-20-14(21)19(8-17-20)11-5-6-11/h2-4,8,11H,5-7,9H2,1H3. The maximum atomic E-state index is 6.22. The van der Waals surface area contributed by atoms with Gasteiger partial charge in [-0.25, -0.2) is 4.68 Å². The van der Waals surface area contributed by atoms with Gasteiger partial charge in [-0.3, -0.25) is 4.90 Å². The lowest BCUT2D eigenvalue weighted by Crippen LogP contribution is -2.22. The highest BCUT2D eigenvalue weighted by molar-refractivity contribution is 7.71. The molecule has 0 spiro atoms. The third kappa shape index (κ3) is 3.31. The minimum absolute atomic E-state index is 0.555. The predicted octanol–water partition coefficient (Wildman–Crippen LogP) is 4.15. The van der Waals surface area contributed by atoms with Crippen molar-refractivity contribution in [2.75, 3.05) is 7.05 Å².